The van der Waals surface area contributed by atoms with E-state index in [1.165, 1.54) is 34.6 Å². The highest BCUT2D eigenvalue weighted by molar-refractivity contribution is 9.11. The lowest BCUT2D eigenvalue weighted by Gasteiger charge is -2.43. The minimum atomic E-state index is -2.72. The standard InChI is InChI=1S/C29H32BrNO5Si/c1-22(30)21-25(36-28(32)23-15-17-24(18-16-23)31(33)34)19-20-35-37(29(2,3)4,26-11-7-5-8-12-26)27-13-9-6-10-14-27/h5-18,25H,1,19-21H2,2-4H3/t25-/m1/s1. The van der Waals surface area contributed by atoms with Gasteiger partial charge in [0.25, 0.3) is 14.0 Å². The fraction of sp³-hybridized carbons (Fsp3) is 0.276. The second-order valence-electron chi connectivity index (χ2n) is 9.85. The largest absolute Gasteiger partial charge is 0.458 e. The number of nitro benzene ring substituents is 1. The quantitative estimate of drug-likeness (QED) is 0.113. The van der Waals surface area contributed by atoms with E-state index in [0.29, 0.717) is 23.9 Å². The van der Waals surface area contributed by atoms with Gasteiger partial charge in [0.2, 0.25) is 0 Å². The Bertz CT molecular complexity index is 1170. The summed E-state index contributed by atoms with van der Waals surface area (Å²) in [6.07, 6.45) is 0.407. The van der Waals surface area contributed by atoms with Crippen LogP contribution in [-0.2, 0) is 9.16 Å². The summed E-state index contributed by atoms with van der Waals surface area (Å²) >= 11 is 3.39. The Balaban J connectivity index is 1.84. The molecule has 8 heteroatoms. The molecule has 37 heavy (non-hydrogen) atoms. The van der Waals surface area contributed by atoms with Gasteiger partial charge in [-0.05, 0) is 32.0 Å². The summed E-state index contributed by atoms with van der Waals surface area (Å²) in [6, 6.07) is 26.1. The van der Waals surface area contributed by atoms with Gasteiger partial charge in [-0.3, -0.25) is 10.1 Å². The summed E-state index contributed by atoms with van der Waals surface area (Å²) in [6.45, 7) is 10.9. The minimum absolute atomic E-state index is 0.0827. The Morgan fingerprint density at radius 1 is 0.973 bits per heavy atom. The molecule has 3 aromatic carbocycles. The van der Waals surface area contributed by atoms with Gasteiger partial charge in [-0.25, -0.2) is 4.79 Å². The van der Waals surface area contributed by atoms with Crippen molar-refractivity contribution in [2.75, 3.05) is 6.61 Å². The predicted octanol–water partition coefficient (Wildman–Crippen LogP) is 6.39. The fourth-order valence-electron chi connectivity index (χ4n) is 4.49. The summed E-state index contributed by atoms with van der Waals surface area (Å²) in [7, 11) is -2.72. The Morgan fingerprint density at radius 2 is 1.49 bits per heavy atom. The second kappa shape index (κ2) is 12.4. The highest BCUT2D eigenvalue weighted by Gasteiger charge is 2.50. The van der Waals surface area contributed by atoms with E-state index >= 15 is 0 Å². The number of ether oxygens (including phenoxy) is 1. The third-order valence-electron chi connectivity index (χ3n) is 6.21. The molecule has 0 bridgehead atoms. The average molecular weight is 583 g/mol. The van der Waals surface area contributed by atoms with Crippen molar-refractivity contribution in [3.63, 3.8) is 0 Å². The molecule has 0 radical (unpaired) electrons. The molecule has 3 rings (SSSR count). The fourth-order valence-corrected chi connectivity index (χ4v) is 9.43. The first-order valence-electron chi connectivity index (χ1n) is 12.1. The van der Waals surface area contributed by atoms with Crippen molar-refractivity contribution in [3.8, 4) is 0 Å². The van der Waals surface area contributed by atoms with E-state index in [0.717, 1.165) is 0 Å². The Hall–Kier alpha value is -3.07. The van der Waals surface area contributed by atoms with Crippen LogP contribution in [0.1, 0.15) is 44.0 Å². The zero-order chi connectivity index (χ0) is 27.1. The van der Waals surface area contributed by atoms with E-state index < -0.39 is 25.3 Å². The van der Waals surface area contributed by atoms with Crippen LogP contribution < -0.4 is 10.4 Å². The molecule has 0 fully saturated rings. The molecule has 1 atom stereocenters. The first kappa shape index (κ1) is 28.5. The third-order valence-corrected chi connectivity index (χ3v) is 11.6. The van der Waals surface area contributed by atoms with Crippen LogP contribution in [-0.4, -0.2) is 31.9 Å². The molecule has 0 aliphatic rings. The van der Waals surface area contributed by atoms with Gasteiger partial charge in [0, 0.05) is 31.6 Å². The molecule has 0 heterocycles. The van der Waals surface area contributed by atoms with Crippen LogP contribution >= 0.6 is 15.9 Å². The number of hydrogen-bond acceptors (Lipinski definition) is 5. The Labute approximate surface area is 227 Å². The van der Waals surface area contributed by atoms with Crippen LogP contribution in [0.4, 0.5) is 5.69 Å². The third kappa shape index (κ3) is 7.03. The van der Waals surface area contributed by atoms with E-state index in [-0.39, 0.29) is 16.3 Å². The molecular formula is C29H32BrNO5Si. The van der Waals surface area contributed by atoms with Gasteiger partial charge in [0.1, 0.15) is 6.10 Å². The Morgan fingerprint density at radius 3 is 1.92 bits per heavy atom. The highest BCUT2D eigenvalue weighted by Crippen LogP contribution is 2.37. The lowest BCUT2D eigenvalue weighted by molar-refractivity contribution is -0.384. The minimum Gasteiger partial charge on any atom is -0.458 e. The lowest BCUT2D eigenvalue weighted by Crippen LogP contribution is -2.66. The zero-order valence-electron chi connectivity index (χ0n) is 21.4. The van der Waals surface area contributed by atoms with Crippen LogP contribution in [0.2, 0.25) is 5.04 Å². The monoisotopic (exact) mass is 581 g/mol. The maximum atomic E-state index is 12.8. The number of nitro groups is 1. The van der Waals surface area contributed by atoms with Crippen LogP contribution in [0, 0.1) is 10.1 Å². The lowest BCUT2D eigenvalue weighted by atomic mass is 10.1. The number of halogens is 1. The van der Waals surface area contributed by atoms with Gasteiger partial charge in [0.05, 0.1) is 10.5 Å². The summed E-state index contributed by atoms with van der Waals surface area (Å²) in [5, 5.41) is 13.1. The molecule has 0 saturated carbocycles. The van der Waals surface area contributed by atoms with E-state index in [2.05, 4.69) is 67.5 Å². The molecule has 0 aliphatic carbocycles. The first-order chi connectivity index (χ1) is 17.5. The molecule has 0 aliphatic heterocycles. The van der Waals surface area contributed by atoms with Crippen LogP contribution in [0.15, 0.2) is 96.0 Å². The number of rotatable bonds is 11. The summed E-state index contributed by atoms with van der Waals surface area (Å²) in [4.78, 5) is 23.2. The van der Waals surface area contributed by atoms with Crippen molar-refractivity contribution in [2.24, 2.45) is 0 Å². The van der Waals surface area contributed by atoms with Crippen LogP contribution in [0.5, 0.6) is 0 Å². The molecule has 6 nitrogen and oxygen atoms in total. The van der Waals surface area contributed by atoms with Crippen molar-refractivity contribution in [3.05, 3.63) is 112 Å². The van der Waals surface area contributed by atoms with Gasteiger partial charge in [0.15, 0.2) is 0 Å². The van der Waals surface area contributed by atoms with Gasteiger partial charge < -0.3 is 9.16 Å². The van der Waals surface area contributed by atoms with Gasteiger partial charge in [-0.2, -0.15) is 0 Å². The van der Waals surface area contributed by atoms with Gasteiger partial charge >= 0.3 is 5.97 Å². The number of benzene rings is 3. The number of nitrogens with zero attached hydrogens (tertiary/aromatic N) is 1. The topological polar surface area (TPSA) is 78.7 Å². The molecule has 0 unspecified atom stereocenters. The molecule has 0 N–H and O–H groups in total. The second-order valence-corrected chi connectivity index (χ2v) is 15.3. The van der Waals surface area contributed by atoms with Gasteiger partial charge in [-0.1, -0.05) is 104 Å². The SMILES string of the molecule is C=C(Br)C[C@@H](CCO[Si](c1ccccc1)(c1ccccc1)C(C)(C)C)OC(=O)c1ccc([N+](=O)[O-])cc1. The van der Waals surface area contributed by atoms with E-state index in [1.807, 2.05) is 36.4 Å². The van der Waals surface area contributed by atoms with Crippen LogP contribution in [0.3, 0.4) is 0 Å². The molecule has 3 aromatic rings. The molecule has 0 saturated heterocycles. The average Bonchev–Trinajstić information content (AvgIpc) is 2.86. The highest BCUT2D eigenvalue weighted by atomic mass is 79.9. The molecule has 0 aromatic heterocycles. The number of carbonyl (C=O) groups excluding carboxylic acids is 1. The predicted molar refractivity (Wildman–Crippen MR) is 153 cm³/mol. The number of hydrogen-bond donors (Lipinski definition) is 0. The zero-order valence-corrected chi connectivity index (χ0v) is 23.9. The van der Waals surface area contributed by atoms with Crippen molar-refractivity contribution in [2.45, 2.75) is 44.8 Å². The van der Waals surface area contributed by atoms with Crippen molar-refractivity contribution in [1.29, 1.82) is 0 Å². The maximum absolute atomic E-state index is 12.8. The normalized spacial score (nSPS) is 12.5. The number of non-ortho nitro benzene ring substituents is 1. The smallest absolute Gasteiger partial charge is 0.338 e. The molecular weight excluding hydrogens is 550 g/mol. The molecule has 0 spiro atoms. The van der Waals surface area contributed by atoms with E-state index in [1.54, 1.807) is 0 Å². The van der Waals surface area contributed by atoms with Crippen molar-refractivity contribution < 1.29 is 18.9 Å². The van der Waals surface area contributed by atoms with Gasteiger partial charge in [-0.15, -0.1) is 0 Å². The summed E-state index contributed by atoms with van der Waals surface area (Å²) in [5.41, 5.74) is 0.171. The van der Waals surface area contributed by atoms with Crippen LogP contribution in [0.25, 0.3) is 0 Å². The maximum Gasteiger partial charge on any atom is 0.338 e. The summed E-state index contributed by atoms with van der Waals surface area (Å²) in [5.74, 6) is -0.543. The molecule has 0 amide bonds. The Kier molecular flexibility index (Phi) is 9.59. The summed E-state index contributed by atoms with van der Waals surface area (Å²) < 4.78 is 13.4. The molecule has 194 valence electrons. The van der Waals surface area contributed by atoms with Crippen molar-refractivity contribution in [1.82, 2.24) is 0 Å². The number of esters is 1. The number of carbonyl (C=O) groups is 1. The van der Waals surface area contributed by atoms with E-state index in [9.17, 15) is 14.9 Å². The van der Waals surface area contributed by atoms with E-state index in [4.69, 9.17) is 9.16 Å². The first-order valence-corrected chi connectivity index (χ1v) is 14.8. The van der Waals surface area contributed by atoms with Crippen molar-refractivity contribution >= 4 is 46.3 Å².